The lowest BCUT2D eigenvalue weighted by Gasteiger charge is -2.07. The number of unbranched alkanes of at least 4 members (excludes halogenated alkanes) is 28. The first kappa shape index (κ1) is 41.0. The Bertz CT molecular complexity index is 647. The number of carbonyl (C=O) groups excluding carboxylic acids is 1. The molecule has 0 bridgehead atoms. The maximum Gasteiger partial charge on any atom is 0.305 e. The van der Waals surface area contributed by atoms with Gasteiger partial charge in [0, 0.05) is 12.8 Å². The zero-order chi connectivity index (χ0) is 31.6. The van der Waals surface area contributed by atoms with Gasteiger partial charge >= 0.3 is 5.97 Å². The van der Waals surface area contributed by atoms with Crippen LogP contribution in [0.5, 0.6) is 0 Å². The molecule has 0 aromatic heterocycles. The summed E-state index contributed by atoms with van der Waals surface area (Å²) in [6.07, 6.45) is 43.2. The Morgan fingerprint density at radius 3 is 1.32 bits per heavy atom. The van der Waals surface area contributed by atoms with Crippen molar-refractivity contribution in [1.29, 1.82) is 0 Å². The highest BCUT2D eigenvalue weighted by atomic mass is 16.5. The van der Waals surface area contributed by atoms with E-state index in [0.29, 0.717) is 13.0 Å². The number of esters is 1. The quantitative estimate of drug-likeness (QED) is 0.0436. The SMILES string of the molecule is CCCCCCCCCCCCCCCCCC(=O)OCC[N+]1=C(CCCCCCCCCCCCCCCCC)NCC1. The Kier molecular flexibility index (Phi) is 31.0. The Hall–Kier alpha value is -1.06. The first-order valence-corrected chi connectivity index (χ1v) is 20.3. The van der Waals surface area contributed by atoms with Gasteiger partial charge in [-0.2, -0.15) is 0 Å². The van der Waals surface area contributed by atoms with Crippen LogP contribution in [0.1, 0.15) is 219 Å². The lowest BCUT2D eigenvalue weighted by Crippen LogP contribution is -2.25. The Labute approximate surface area is 276 Å². The number of carbonyl (C=O) groups is 1. The number of hydrogen-bond acceptors (Lipinski definition) is 3. The first-order chi connectivity index (χ1) is 21.8. The highest BCUT2D eigenvalue weighted by Gasteiger charge is 2.20. The van der Waals surface area contributed by atoms with Gasteiger partial charge in [0.15, 0.2) is 0 Å². The van der Waals surface area contributed by atoms with Crippen molar-refractivity contribution in [2.75, 3.05) is 26.2 Å². The smallest absolute Gasteiger partial charge is 0.305 e. The van der Waals surface area contributed by atoms with Gasteiger partial charge in [0.05, 0.1) is 0 Å². The molecule has 0 aromatic carbocycles. The highest BCUT2D eigenvalue weighted by molar-refractivity contribution is 5.78. The minimum absolute atomic E-state index is 0.00388. The molecule has 0 spiro atoms. The van der Waals surface area contributed by atoms with E-state index in [4.69, 9.17) is 4.74 Å². The first-order valence-electron chi connectivity index (χ1n) is 20.3. The van der Waals surface area contributed by atoms with Crippen molar-refractivity contribution in [3.05, 3.63) is 0 Å². The van der Waals surface area contributed by atoms with Crippen LogP contribution in [-0.4, -0.2) is 42.6 Å². The summed E-state index contributed by atoms with van der Waals surface area (Å²) in [5.74, 6) is 1.37. The molecule has 260 valence electrons. The number of ether oxygens (including phenoxy) is 1. The minimum atomic E-state index is -0.00388. The van der Waals surface area contributed by atoms with Crippen LogP contribution in [0.25, 0.3) is 0 Å². The molecule has 0 aromatic rings. The molecule has 1 aliphatic rings. The lowest BCUT2D eigenvalue weighted by atomic mass is 10.0. The normalized spacial score (nSPS) is 13.1. The van der Waals surface area contributed by atoms with Crippen LogP contribution in [0, 0.1) is 0 Å². The van der Waals surface area contributed by atoms with Crippen molar-refractivity contribution < 1.29 is 14.1 Å². The number of amidine groups is 1. The van der Waals surface area contributed by atoms with E-state index in [2.05, 4.69) is 23.7 Å². The molecule has 0 atom stereocenters. The zero-order valence-corrected chi connectivity index (χ0v) is 30.2. The summed E-state index contributed by atoms with van der Waals surface area (Å²) in [4.78, 5) is 12.2. The van der Waals surface area contributed by atoms with Gasteiger partial charge in [0.1, 0.15) is 26.2 Å². The predicted molar refractivity (Wildman–Crippen MR) is 193 cm³/mol. The lowest BCUT2D eigenvalue weighted by molar-refractivity contribution is -0.521. The molecule has 1 heterocycles. The maximum atomic E-state index is 12.2. The topological polar surface area (TPSA) is 41.3 Å². The average Bonchev–Trinajstić information content (AvgIpc) is 3.48. The van der Waals surface area contributed by atoms with E-state index in [1.807, 2.05) is 0 Å². The molecular weight excluding hydrogens is 540 g/mol. The molecule has 0 saturated carbocycles. The van der Waals surface area contributed by atoms with E-state index in [1.165, 1.54) is 192 Å². The van der Waals surface area contributed by atoms with Crippen LogP contribution < -0.4 is 5.32 Å². The van der Waals surface area contributed by atoms with E-state index in [9.17, 15) is 4.79 Å². The largest absolute Gasteiger partial charge is 0.462 e. The Balaban J connectivity index is 1.87. The molecule has 4 nitrogen and oxygen atoms in total. The molecule has 1 rings (SSSR count). The van der Waals surface area contributed by atoms with E-state index in [-0.39, 0.29) is 5.97 Å². The second-order valence-electron chi connectivity index (χ2n) is 14.0. The third-order valence-electron chi connectivity index (χ3n) is 9.72. The summed E-state index contributed by atoms with van der Waals surface area (Å²) < 4.78 is 7.99. The van der Waals surface area contributed by atoms with Gasteiger partial charge in [0.2, 0.25) is 5.84 Å². The fraction of sp³-hybridized carbons (Fsp3) is 0.950. The minimum Gasteiger partial charge on any atom is -0.462 e. The van der Waals surface area contributed by atoms with Crippen LogP contribution >= 0.6 is 0 Å². The van der Waals surface area contributed by atoms with Gasteiger partial charge in [-0.05, 0) is 12.8 Å². The van der Waals surface area contributed by atoms with Gasteiger partial charge in [-0.3, -0.25) is 14.7 Å². The molecule has 4 heteroatoms. The summed E-state index contributed by atoms with van der Waals surface area (Å²) in [5.41, 5.74) is 0. The number of rotatable bonds is 35. The molecule has 0 unspecified atom stereocenters. The highest BCUT2D eigenvalue weighted by Crippen LogP contribution is 2.15. The standard InChI is InChI=1S/C40H78N2O2/c1-3-5-7-9-11-13-15-17-19-21-23-25-27-29-31-33-39-41-35-36-42(39)37-38-44-40(43)34-32-30-28-26-24-22-20-18-16-14-12-10-8-6-4-2/h3-38H2,1-2H3/p+1. The number of hydrogen-bond donors (Lipinski definition) is 1. The van der Waals surface area contributed by atoms with Crippen molar-refractivity contribution >= 4 is 11.8 Å². The van der Waals surface area contributed by atoms with Crippen LogP contribution in [0.2, 0.25) is 0 Å². The van der Waals surface area contributed by atoms with E-state index in [0.717, 1.165) is 32.5 Å². The average molecular weight is 620 g/mol. The van der Waals surface area contributed by atoms with Gasteiger partial charge in [-0.25, -0.2) is 0 Å². The second kappa shape index (κ2) is 33.3. The van der Waals surface area contributed by atoms with E-state index in [1.54, 1.807) is 0 Å². The molecular formula is C40H79N2O2+. The molecule has 1 aliphatic heterocycles. The molecule has 0 saturated heterocycles. The van der Waals surface area contributed by atoms with Gasteiger partial charge < -0.3 is 4.74 Å². The fourth-order valence-electron chi connectivity index (χ4n) is 6.72. The molecule has 0 radical (unpaired) electrons. The monoisotopic (exact) mass is 620 g/mol. The predicted octanol–water partition coefficient (Wildman–Crippen LogP) is 12.1. The summed E-state index contributed by atoms with van der Waals surface area (Å²) in [7, 11) is 0. The van der Waals surface area contributed by atoms with Gasteiger partial charge in [-0.1, -0.05) is 194 Å². The third-order valence-corrected chi connectivity index (χ3v) is 9.72. The van der Waals surface area contributed by atoms with Crippen molar-refractivity contribution in [2.45, 2.75) is 219 Å². The van der Waals surface area contributed by atoms with Crippen molar-refractivity contribution in [2.24, 2.45) is 0 Å². The summed E-state index contributed by atoms with van der Waals surface area (Å²) in [5, 5.41) is 3.58. The zero-order valence-electron chi connectivity index (χ0n) is 30.2. The second-order valence-corrected chi connectivity index (χ2v) is 14.0. The van der Waals surface area contributed by atoms with Gasteiger partial charge in [0.25, 0.3) is 0 Å². The maximum absolute atomic E-state index is 12.2. The summed E-state index contributed by atoms with van der Waals surface area (Å²) in [6.45, 7) is 8.03. The third kappa shape index (κ3) is 27.3. The van der Waals surface area contributed by atoms with Crippen LogP contribution in [0.4, 0.5) is 0 Å². The van der Waals surface area contributed by atoms with Crippen LogP contribution in [-0.2, 0) is 9.53 Å². The van der Waals surface area contributed by atoms with E-state index < -0.39 is 0 Å². The van der Waals surface area contributed by atoms with E-state index >= 15 is 0 Å². The van der Waals surface area contributed by atoms with Crippen molar-refractivity contribution in [1.82, 2.24) is 5.32 Å². The van der Waals surface area contributed by atoms with Gasteiger partial charge in [-0.15, -0.1) is 0 Å². The number of nitrogens with one attached hydrogen (secondary N) is 1. The molecule has 0 fully saturated rings. The molecule has 44 heavy (non-hydrogen) atoms. The molecule has 0 amide bonds. The van der Waals surface area contributed by atoms with Crippen LogP contribution in [0.15, 0.2) is 0 Å². The molecule has 0 aliphatic carbocycles. The molecule has 1 N–H and O–H groups in total. The summed E-state index contributed by atoms with van der Waals surface area (Å²) in [6, 6.07) is 0. The number of nitrogens with zero attached hydrogens (tertiary/aromatic N) is 1. The Morgan fingerprint density at radius 1 is 0.545 bits per heavy atom. The summed E-state index contributed by atoms with van der Waals surface area (Å²) >= 11 is 0. The van der Waals surface area contributed by atoms with Crippen molar-refractivity contribution in [3.63, 3.8) is 0 Å². The van der Waals surface area contributed by atoms with Crippen molar-refractivity contribution in [3.8, 4) is 0 Å². The van der Waals surface area contributed by atoms with Crippen LogP contribution in [0.3, 0.4) is 0 Å². The fourth-order valence-corrected chi connectivity index (χ4v) is 6.72. The Morgan fingerprint density at radius 2 is 0.909 bits per heavy atom.